The second kappa shape index (κ2) is 5.88. The van der Waals surface area contributed by atoms with E-state index < -0.39 is 23.2 Å². The van der Waals surface area contributed by atoms with E-state index in [1.54, 1.807) is 0 Å². The van der Waals surface area contributed by atoms with E-state index >= 15 is 0 Å². The molecule has 2 aromatic rings. The van der Waals surface area contributed by atoms with Crippen LogP contribution in [0.15, 0.2) is 28.1 Å². The maximum absolute atomic E-state index is 13.7. The fraction of sp³-hybridized carbons (Fsp3) is 0.154. The first-order valence-electron chi connectivity index (χ1n) is 5.62. The molecule has 7 heteroatoms. The molecule has 1 aromatic heterocycles. The Morgan fingerprint density at radius 1 is 1.35 bits per heavy atom. The predicted octanol–water partition coefficient (Wildman–Crippen LogP) is 4.66. The van der Waals surface area contributed by atoms with E-state index in [1.807, 2.05) is 19.1 Å². The van der Waals surface area contributed by atoms with Crippen LogP contribution in [0.2, 0.25) is 0 Å². The highest BCUT2D eigenvalue weighted by atomic mass is 79.9. The van der Waals surface area contributed by atoms with Gasteiger partial charge in [0.05, 0.1) is 21.1 Å². The number of carbonyl (C=O) groups is 1. The van der Waals surface area contributed by atoms with Gasteiger partial charge in [-0.2, -0.15) is 0 Å². The first-order chi connectivity index (χ1) is 9.38. The normalized spacial score (nSPS) is 12.2. The van der Waals surface area contributed by atoms with E-state index in [0.717, 1.165) is 14.7 Å². The van der Waals surface area contributed by atoms with Gasteiger partial charge in [-0.3, -0.25) is 0 Å². The number of halogens is 3. The minimum absolute atomic E-state index is 0.0409. The van der Waals surface area contributed by atoms with E-state index in [9.17, 15) is 13.6 Å². The van der Waals surface area contributed by atoms with Crippen molar-refractivity contribution in [2.75, 3.05) is 5.32 Å². The van der Waals surface area contributed by atoms with Gasteiger partial charge in [-0.15, -0.1) is 11.3 Å². The lowest BCUT2D eigenvalue weighted by Crippen LogP contribution is -2.09. The molecule has 0 fully saturated rings. The van der Waals surface area contributed by atoms with Gasteiger partial charge in [0, 0.05) is 10.9 Å². The topological polar surface area (TPSA) is 49.3 Å². The molecule has 0 aliphatic rings. The third-order valence-corrected chi connectivity index (χ3v) is 4.49. The number of hydrogen-bond acceptors (Lipinski definition) is 3. The molecule has 0 spiro atoms. The van der Waals surface area contributed by atoms with Crippen molar-refractivity contribution >= 4 is 38.9 Å². The molecule has 1 unspecified atom stereocenters. The fourth-order valence-corrected chi connectivity index (χ4v) is 3.11. The molecule has 0 radical (unpaired) electrons. The third-order valence-electron chi connectivity index (χ3n) is 2.68. The monoisotopic (exact) mass is 361 g/mol. The molecular weight excluding hydrogens is 352 g/mol. The number of hydrogen-bond donors (Lipinski definition) is 2. The lowest BCUT2D eigenvalue weighted by Gasteiger charge is -2.15. The maximum atomic E-state index is 13.7. The van der Waals surface area contributed by atoms with Crippen molar-refractivity contribution in [3.63, 3.8) is 0 Å². The summed E-state index contributed by atoms with van der Waals surface area (Å²) in [5.41, 5.74) is -0.603. The van der Waals surface area contributed by atoms with Crippen LogP contribution in [-0.4, -0.2) is 11.1 Å². The Labute approximate surface area is 126 Å². The Balaban J connectivity index is 2.29. The second-order valence-electron chi connectivity index (χ2n) is 4.12. The highest BCUT2D eigenvalue weighted by Crippen LogP contribution is 2.30. The number of nitrogens with one attached hydrogen (secondary N) is 1. The highest BCUT2D eigenvalue weighted by molar-refractivity contribution is 9.11. The number of rotatable bonds is 4. The summed E-state index contributed by atoms with van der Waals surface area (Å²) in [5.74, 6) is -3.35. The molecule has 0 aliphatic heterocycles. The van der Waals surface area contributed by atoms with E-state index in [-0.39, 0.29) is 11.7 Å². The van der Waals surface area contributed by atoms with Crippen LogP contribution in [0.25, 0.3) is 0 Å². The van der Waals surface area contributed by atoms with Gasteiger partial charge in [-0.05, 0) is 41.1 Å². The average molecular weight is 362 g/mol. The lowest BCUT2D eigenvalue weighted by atomic mass is 10.1. The Kier molecular flexibility index (Phi) is 4.39. The molecule has 2 rings (SSSR count). The van der Waals surface area contributed by atoms with Gasteiger partial charge < -0.3 is 10.4 Å². The lowest BCUT2D eigenvalue weighted by molar-refractivity contribution is 0.0692. The van der Waals surface area contributed by atoms with E-state index in [1.165, 1.54) is 11.3 Å². The van der Waals surface area contributed by atoms with Crippen molar-refractivity contribution in [3.05, 3.63) is 50.1 Å². The van der Waals surface area contributed by atoms with Gasteiger partial charge >= 0.3 is 5.97 Å². The van der Waals surface area contributed by atoms with Gasteiger partial charge in [0.15, 0.2) is 0 Å². The van der Waals surface area contributed by atoms with Crippen LogP contribution in [0.4, 0.5) is 14.5 Å². The minimum atomic E-state index is -1.43. The van der Waals surface area contributed by atoms with Crippen molar-refractivity contribution in [2.24, 2.45) is 0 Å². The van der Waals surface area contributed by atoms with Crippen LogP contribution < -0.4 is 5.32 Å². The molecule has 0 amide bonds. The Morgan fingerprint density at radius 3 is 2.60 bits per heavy atom. The number of anilines is 1. The molecule has 0 bridgehead atoms. The molecule has 106 valence electrons. The van der Waals surface area contributed by atoms with Crippen molar-refractivity contribution in [1.82, 2.24) is 0 Å². The molecule has 3 nitrogen and oxygen atoms in total. The quantitative estimate of drug-likeness (QED) is 0.832. The Morgan fingerprint density at radius 2 is 2.05 bits per heavy atom. The first kappa shape index (κ1) is 14.9. The molecule has 0 saturated carbocycles. The van der Waals surface area contributed by atoms with Crippen LogP contribution >= 0.6 is 27.3 Å². The molecule has 0 aliphatic carbocycles. The van der Waals surface area contributed by atoms with Crippen LogP contribution in [0.5, 0.6) is 0 Å². The molecule has 1 atom stereocenters. The molecule has 1 aromatic carbocycles. The number of benzene rings is 1. The number of aromatic carboxylic acids is 1. The molecule has 1 heterocycles. The van der Waals surface area contributed by atoms with Crippen LogP contribution in [0.3, 0.4) is 0 Å². The van der Waals surface area contributed by atoms with Crippen LogP contribution in [0.1, 0.15) is 28.2 Å². The molecule has 2 N–H and O–H groups in total. The summed E-state index contributed by atoms with van der Waals surface area (Å²) >= 11 is 4.81. The Hall–Kier alpha value is -1.47. The number of carboxylic acids is 1. The minimum Gasteiger partial charge on any atom is -0.478 e. The predicted molar refractivity (Wildman–Crippen MR) is 77.4 cm³/mol. The summed E-state index contributed by atoms with van der Waals surface area (Å²) in [6, 6.07) is 5.04. The summed E-state index contributed by atoms with van der Waals surface area (Å²) in [7, 11) is 0. The van der Waals surface area contributed by atoms with Crippen molar-refractivity contribution in [1.29, 1.82) is 0 Å². The molecule has 20 heavy (non-hydrogen) atoms. The van der Waals surface area contributed by atoms with Gasteiger partial charge in [0.2, 0.25) is 0 Å². The summed E-state index contributed by atoms with van der Waals surface area (Å²) in [4.78, 5) is 11.8. The van der Waals surface area contributed by atoms with Gasteiger partial charge in [-0.25, -0.2) is 13.6 Å². The highest BCUT2D eigenvalue weighted by Gasteiger charge is 2.17. The SMILES string of the molecule is CC(Nc1cc(C(=O)O)c(F)cc1F)c1ccc(Br)s1. The van der Waals surface area contributed by atoms with Crippen molar-refractivity contribution in [2.45, 2.75) is 13.0 Å². The number of thiophene rings is 1. The van der Waals surface area contributed by atoms with Crippen LogP contribution in [0, 0.1) is 11.6 Å². The van der Waals surface area contributed by atoms with Crippen molar-refractivity contribution < 1.29 is 18.7 Å². The third kappa shape index (κ3) is 3.16. The smallest absolute Gasteiger partial charge is 0.338 e. The zero-order valence-corrected chi connectivity index (χ0v) is 12.7. The average Bonchev–Trinajstić information content (AvgIpc) is 2.79. The largest absolute Gasteiger partial charge is 0.478 e. The van der Waals surface area contributed by atoms with E-state index in [0.29, 0.717) is 6.07 Å². The standard InChI is InChI=1S/C13H10BrF2NO2S/c1-6(11-2-3-12(14)20-11)17-10-4-7(13(18)19)8(15)5-9(10)16/h2-6,17H,1H3,(H,18,19). The zero-order valence-electron chi connectivity index (χ0n) is 10.3. The first-order valence-corrected chi connectivity index (χ1v) is 7.23. The van der Waals surface area contributed by atoms with E-state index in [4.69, 9.17) is 5.11 Å². The maximum Gasteiger partial charge on any atom is 0.338 e. The zero-order chi connectivity index (χ0) is 14.9. The molecule has 0 saturated heterocycles. The molecular formula is C13H10BrF2NO2S. The van der Waals surface area contributed by atoms with Gasteiger partial charge in [0.25, 0.3) is 0 Å². The van der Waals surface area contributed by atoms with Crippen molar-refractivity contribution in [3.8, 4) is 0 Å². The number of carboxylic acid groups (broad SMARTS) is 1. The second-order valence-corrected chi connectivity index (χ2v) is 6.62. The summed E-state index contributed by atoms with van der Waals surface area (Å²) in [6.45, 7) is 1.81. The summed E-state index contributed by atoms with van der Waals surface area (Å²) in [6.07, 6.45) is 0. The summed E-state index contributed by atoms with van der Waals surface area (Å²) in [5, 5.41) is 11.7. The summed E-state index contributed by atoms with van der Waals surface area (Å²) < 4.78 is 27.9. The Bertz CT molecular complexity index is 660. The van der Waals surface area contributed by atoms with Gasteiger partial charge in [-0.1, -0.05) is 0 Å². The van der Waals surface area contributed by atoms with Gasteiger partial charge in [0.1, 0.15) is 11.6 Å². The van der Waals surface area contributed by atoms with Crippen LogP contribution in [-0.2, 0) is 0 Å². The van der Waals surface area contributed by atoms with E-state index in [2.05, 4.69) is 21.2 Å². The fourth-order valence-electron chi connectivity index (χ4n) is 1.69.